The van der Waals surface area contributed by atoms with Crippen LogP contribution in [0.4, 0.5) is 0 Å². The number of likely N-dealkylation sites (N-methyl/N-ethyl adjacent to an activating group) is 1. The molecular weight excluding hydrogens is 268 g/mol. The van der Waals surface area contributed by atoms with Gasteiger partial charge in [0.05, 0.1) is 6.54 Å². The number of likely N-dealkylation sites (tertiary alicyclic amines) is 1. The number of amides is 1. The lowest BCUT2D eigenvalue weighted by Gasteiger charge is -2.21. The number of rotatable bonds is 6. The normalized spacial score (nSPS) is 18.6. The van der Waals surface area contributed by atoms with E-state index in [1.807, 2.05) is 30.3 Å². The zero-order chi connectivity index (χ0) is 15.2. The number of hydrogen-bond donors (Lipinski definition) is 1. The Morgan fingerprint density at radius 1 is 1.33 bits per heavy atom. The van der Waals surface area contributed by atoms with Gasteiger partial charge in [0.15, 0.2) is 0 Å². The van der Waals surface area contributed by atoms with Crippen molar-refractivity contribution in [1.82, 2.24) is 9.80 Å². The van der Waals surface area contributed by atoms with Gasteiger partial charge in [0, 0.05) is 26.6 Å². The fourth-order valence-electron chi connectivity index (χ4n) is 2.73. The van der Waals surface area contributed by atoms with Crippen molar-refractivity contribution in [2.45, 2.75) is 19.4 Å². The predicted octanol–water partition coefficient (Wildman–Crippen LogP) is 1.44. The molecule has 2 rings (SSSR count). The van der Waals surface area contributed by atoms with Crippen LogP contribution < -0.4 is 0 Å². The summed E-state index contributed by atoms with van der Waals surface area (Å²) < 4.78 is 0. The van der Waals surface area contributed by atoms with Crippen molar-refractivity contribution in [2.24, 2.45) is 5.92 Å². The van der Waals surface area contributed by atoms with Crippen LogP contribution in [0.2, 0.25) is 0 Å². The minimum absolute atomic E-state index is 0.0785. The molecule has 1 aromatic carbocycles. The minimum Gasteiger partial charge on any atom is -0.481 e. The van der Waals surface area contributed by atoms with E-state index in [0.717, 1.165) is 18.5 Å². The number of carbonyl (C=O) groups excluding carboxylic acids is 1. The molecular formula is C16H22N2O3. The first-order chi connectivity index (χ1) is 10.0. The van der Waals surface area contributed by atoms with Gasteiger partial charge >= 0.3 is 5.97 Å². The molecule has 1 aliphatic rings. The molecule has 1 aliphatic heterocycles. The van der Waals surface area contributed by atoms with E-state index < -0.39 is 5.97 Å². The first kappa shape index (κ1) is 15.5. The lowest BCUT2D eigenvalue weighted by Crippen LogP contribution is -2.37. The Balaban J connectivity index is 1.78. The molecule has 1 atom stereocenters. The van der Waals surface area contributed by atoms with Crippen LogP contribution in [0, 0.1) is 5.92 Å². The third-order valence-corrected chi connectivity index (χ3v) is 3.88. The zero-order valence-corrected chi connectivity index (χ0v) is 12.4. The van der Waals surface area contributed by atoms with Gasteiger partial charge in [-0.15, -0.1) is 0 Å². The van der Waals surface area contributed by atoms with Crippen molar-refractivity contribution in [2.75, 3.05) is 26.7 Å². The maximum Gasteiger partial charge on any atom is 0.303 e. The molecule has 0 bridgehead atoms. The highest BCUT2D eigenvalue weighted by molar-refractivity contribution is 5.78. The maximum atomic E-state index is 12.2. The van der Waals surface area contributed by atoms with E-state index in [4.69, 9.17) is 5.11 Å². The molecule has 5 heteroatoms. The Hall–Kier alpha value is -1.88. The van der Waals surface area contributed by atoms with Crippen molar-refractivity contribution in [3.63, 3.8) is 0 Å². The van der Waals surface area contributed by atoms with Crippen LogP contribution in [0.5, 0.6) is 0 Å². The Bertz CT molecular complexity index is 490. The van der Waals surface area contributed by atoms with E-state index >= 15 is 0 Å². The number of nitrogens with zero attached hydrogens (tertiary/aromatic N) is 2. The van der Waals surface area contributed by atoms with E-state index in [2.05, 4.69) is 4.90 Å². The van der Waals surface area contributed by atoms with Gasteiger partial charge in [-0.05, 0) is 24.4 Å². The monoisotopic (exact) mass is 290 g/mol. The van der Waals surface area contributed by atoms with Gasteiger partial charge in [-0.25, -0.2) is 0 Å². The highest BCUT2D eigenvalue weighted by Gasteiger charge is 2.26. The van der Waals surface area contributed by atoms with Crippen LogP contribution in [0.1, 0.15) is 18.4 Å². The zero-order valence-electron chi connectivity index (χ0n) is 12.4. The van der Waals surface area contributed by atoms with Gasteiger partial charge in [0.2, 0.25) is 5.91 Å². The summed E-state index contributed by atoms with van der Waals surface area (Å²) in [6.07, 6.45) is 1.06. The molecule has 0 radical (unpaired) electrons. The molecule has 114 valence electrons. The molecule has 5 nitrogen and oxygen atoms in total. The third-order valence-electron chi connectivity index (χ3n) is 3.88. The van der Waals surface area contributed by atoms with Gasteiger partial charge in [-0.1, -0.05) is 30.3 Å². The summed E-state index contributed by atoms with van der Waals surface area (Å²) in [6.45, 7) is 2.49. The molecule has 1 fully saturated rings. The highest BCUT2D eigenvalue weighted by atomic mass is 16.4. The molecule has 1 unspecified atom stereocenters. The van der Waals surface area contributed by atoms with Gasteiger partial charge < -0.3 is 10.0 Å². The van der Waals surface area contributed by atoms with Gasteiger partial charge in [-0.3, -0.25) is 14.5 Å². The summed E-state index contributed by atoms with van der Waals surface area (Å²) in [7, 11) is 1.81. The molecule has 0 saturated carbocycles. The summed E-state index contributed by atoms with van der Waals surface area (Å²) in [5, 5.41) is 8.80. The number of hydrogen-bond acceptors (Lipinski definition) is 3. The Kier molecular flexibility index (Phi) is 5.33. The molecule has 1 heterocycles. The standard InChI is InChI=1S/C16H22N2O3/c1-17(10-13-5-3-2-4-6-13)15(19)12-18-8-7-14(11-18)9-16(20)21/h2-6,14H,7-12H2,1H3,(H,20,21). The van der Waals surface area contributed by atoms with E-state index in [0.29, 0.717) is 19.6 Å². The van der Waals surface area contributed by atoms with Crippen LogP contribution in [-0.2, 0) is 16.1 Å². The first-order valence-corrected chi connectivity index (χ1v) is 7.26. The first-order valence-electron chi connectivity index (χ1n) is 7.26. The van der Waals surface area contributed by atoms with Gasteiger partial charge in [0.1, 0.15) is 0 Å². The van der Waals surface area contributed by atoms with E-state index in [1.54, 1.807) is 11.9 Å². The number of aliphatic carboxylic acids is 1. The fourth-order valence-corrected chi connectivity index (χ4v) is 2.73. The van der Waals surface area contributed by atoms with E-state index in [1.165, 1.54) is 0 Å². The predicted molar refractivity (Wildman–Crippen MR) is 79.7 cm³/mol. The number of carbonyl (C=O) groups is 2. The summed E-state index contributed by atoms with van der Waals surface area (Å²) in [4.78, 5) is 26.7. The number of carboxylic acid groups (broad SMARTS) is 1. The largest absolute Gasteiger partial charge is 0.481 e. The van der Waals surface area contributed by atoms with Crippen molar-refractivity contribution in [1.29, 1.82) is 0 Å². The third kappa shape index (κ3) is 4.86. The highest BCUT2D eigenvalue weighted by Crippen LogP contribution is 2.19. The molecule has 0 aliphatic carbocycles. The maximum absolute atomic E-state index is 12.2. The van der Waals surface area contributed by atoms with Crippen LogP contribution in [0.25, 0.3) is 0 Å². The molecule has 21 heavy (non-hydrogen) atoms. The Morgan fingerprint density at radius 3 is 2.71 bits per heavy atom. The van der Waals surface area contributed by atoms with Crippen LogP contribution in [-0.4, -0.2) is 53.5 Å². The van der Waals surface area contributed by atoms with Crippen molar-refractivity contribution < 1.29 is 14.7 Å². The van der Waals surface area contributed by atoms with Gasteiger partial charge in [-0.2, -0.15) is 0 Å². The summed E-state index contributed by atoms with van der Waals surface area (Å²) in [6, 6.07) is 9.89. The van der Waals surface area contributed by atoms with Crippen molar-refractivity contribution >= 4 is 11.9 Å². The topological polar surface area (TPSA) is 60.9 Å². The fraction of sp³-hybridized carbons (Fsp3) is 0.500. The SMILES string of the molecule is CN(Cc1ccccc1)C(=O)CN1CCC(CC(=O)O)C1. The quantitative estimate of drug-likeness (QED) is 0.861. The summed E-state index contributed by atoms with van der Waals surface area (Å²) in [5.74, 6) is -0.501. The van der Waals surface area contributed by atoms with Crippen molar-refractivity contribution in [3.05, 3.63) is 35.9 Å². The molecule has 1 aromatic rings. The number of carboxylic acids is 1. The Labute approximate surface area is 125 Å². The van der Waals surface area contributed by atoms with Crippen LogP contribution >= 0.6 is 0 Å². The van der Waals surface area contributed by atoms with Crippen LogP contribution in [0.15, 0.2) is 30.3 Å². The second kappa shape index (κ2) is 7.22. The summed E-state index contributed by atoms with van der Waals surface area (Å²) >= 11 is 0. The lowest BCUT2D eigenvalue weighted by molar-refractivity contribution is -0.138. The second-order valence-electron chi connectivity index (χ2n) is 5.72. The number of benzene rings is 1. The van der Waals surface area contributed by atoms with E-state index in [-0.39, 0.29) is 18.2 Å². The average molecular weight is 290 g/mol. The molecule has 0 aromatic heterocycles. The molecule has 1 N–H and O–H groups in total. The van der Waals surface area contributed by atoms with Crippen LogP contribution in [0.3, 0.4) is 0 Å². The smallest absolute Gasteiger partial charge is 0.303 e. The molecule has 1 saturated heterocycles. The molecule has 0 spiro atoms. The van der Waals surface area contributed by atoms with Crippen molar-refractivity contribution in [3.8, 4) is 0 Å². The minimum atomic E-state index is -0.755. The van der Waals surface area contributed by atoms with Gasteiger partial charge in [0.25, 0.3) is 0 Å². The lowest BCUT2D eigenvalue weighted by atomic mass is 10.1. The Morgan fingerprint density at radius 2 is 2.05 bits per heavy atom. The van der Waals surface area contributed by atoms with E-state index in [9.17, 15) is 9.59 Å². The second-order valence-corrected chi connectivity index (χ2v) is 5.72. The molecule has 1 amide bonds. The summed E-state index contributed by atoms with van der Waals surface area (Å²) in [5.41, 5.74) is 1.11. The average Bonchev–Trinajstić information content (AvgIpc) is 2.86.